The number of sulfone groups is 1. The fourth-order valence-electron chi connectivity index (χ4n) is 2.50. The average Bonchev–Trinajstić information content (AvgIpc) is 2.46. The Morgan fingerprint density at radius 1 is 1.30 bits per heavy atom. The third-order valence-corrected chi connectivity index (χ3v) is 4.83. The molecule has 1 aliphatic heterocycles. The van der Waals surface area contributed by atoms with E-state index < -0.39 is 9.84 Å². The van der Waals surface area contributed by atoms with Crippen LogP contribution in [-0.2, 0) is 9.84 Å². The minimum Gasteiger partial charge on any atom is -0.490 e. The van der Waals surface area contributed by atoms with Gasteiger partial charge >= 0.3 is 0 Å². The summed E-state index contributed by atoms with van der Waals surface area (Å²) in [5, 5.41) is 9.56. The van der Waals surface area contributed by atoms with Gasteiger partial charge in [-0.25, -0.2) is 8.42 Å². The van der Waals surface area contributed by atoms with E-state index in [0.29, 0.717) is 31.7 Å². The van der Waals surface area contributed by atoms with E-state index in [9.17, 15) is 18.3 Å². The van der Waals surface area contributed by atoms with E-state index in [0.717, 1.165) is 6.26 Å². The van der Waals surface area contributed by atoms with Crippen molar-refractivity contribution in [3.63, 3.8) is 0 Å². The minimum atomic E-state index is -3.41. The normalized spacial score (nSPS) is 16.7. The fraction of sp³-hybridized carbons (Fsp3) is 0.562. The number of amides is 1. The van der Waals surface area contributed by atoms with Gasteiger partial charge in [0.2, 0.25) is 0 Å². The van der Waals surface area contributed by atoms with Crippen molar-refractivity contribution in [2.24, 2.45) is 0 Å². The summed E-state index contributed by atoms with van der Waals surface area (Å²) in [6, 6.07) is 4.35. The van der Waals surface area contributed by atoms with Crippen molar-refractivity contribution in [2.45, 2.75) is 43.8 Å². The number of nitrogens with zero attached hydrogens (tertiary/aromatic N) is 1. The Hall–Kier alpha value is -1.60. The van der Waals surface area contributed by atoms with E-state index in [2.05, 4.69) is 0 Å². The molecule has 1 amide bonds. The lowest BCUT2D eigenvalue weighted by molar-refractivity contribution is 0.0542. The van der Waals surface area contributed by atoms with Gasteiger partial charge in [0.15, 0.2) is 9.84 Å². The molecule has 0 aliphatic carbocycles. The number of rotatable bonds is 4. The maximum absolute atomic E-state index is 12.8. The quantitative estimate of drug-likeness (QED) is 0.897. The van der Waals surface area contributed by atoms with Crippen LogP contribution < -0.4 is 4.74 Å². The lowest BCUT2D eigenvalue weighted by atomic mass is 10.1. The molecular weight excluding hydrogens is 318 g/mol. The Labute approximate surface area is 137 Å². The molecule has 23 heavy (non-hydrogen) atoms. The fourth-order valence-corrected chi connectivity index (χ4v) is 3.15. The van der Waals surface area contributed by atoms with Gasteiger partial charge in [0.25, 0.3) is 5.91 Å². The van der Waals surface area contributed by atoms with Crippen LogP contribution in [0.5, 0.6) is 5.75 Å². The maximum Gasteiger partial charge on any atom is 0.257 e. The Bertz CT molecular complexity index is 676. The first kappa shape index (κ1) is 17.7. The first-order valence-corrected chi connectivity index (χ1v) is 9.55. The molecule has 1 aromatic rings. The van der Waals surface area contributed by atoms with Crippen LogP contribution in [0.25, 0.3) is 0 Å². The average molecular weight is 341 g/mol. The molecule has 6 nitrogen and oxygen atoms in total. The third-order valence-electron chi connectivity index (χ3n) is 3.72. The highest BCUT2D eigenvalue weighted by atomic mass is 32.2. The minimum absolute atomic E-state index is 0.0917. The number of piperidine rings is 1. The summed E-state index contributed by atoms with van der Waals surface area (Å²) < 4.78 is 29.2. The number of benzene rings is 1. The molecule has 1 aromatic carbocycles. The third kappa shape index (κ3) is 4.45. The molecule has 0 unspecified atom stereocenters. The lowest BCUT2D eigenvalue weighted by Gasteiger charge is -2.30. The molecule has 128 valence electrons. The van der Waals surface area contributed by atoms with Crippen LogP contribution in [0.3, 0.4) is 0 Å². The van der Waals surface area contributed by atoms with Crippen molar-refractivity contribution in [3.8, 4) is 5.75 Å². The molecule has 0 aromatic heterocycles. The number of carbonyl (C=O) groups is 1. The molecule has 1 aliphatic rings. The van der Waals surface area contributed by atoms with Gasteiger partial charge in [-0.3, -0.25) is 4.79 Å². The van der Waals surface area contributed by atoms with E-state index in [1.54, 1.807) is 4.90 Å². The zero-order valence-corrected chi connectivity index (χ0v) is 14.5. The van der Waals surface area contributed by atoms with E-state index in [1.807, 2.05) is 13.8 Å². The van der Waals surface area contributed by atoms with Crippen molar-refractivity contribution in [1.29, 1.82) is 0 Å². The monoisotopic (exact) mass is 341 g/mol. The van der Waals surface area contributed by atoms with Gasteiger partial charge in [0, 0.05) is 19.3 Å². The van der Waals surface area contributed by atoms with Gasteiger partial charge in [-0.05, 0) is 44.9 Å². The summed E-state index contributed by atoms with van der Waals surface area (Å²) >= 11 is 0. The first-order chi connectivity index (χ1) is 10.7. The van der Waals surface area contributed by atoms with Crippen LogP contribution in [0.1, 0.15) is 37.0 Å². The number of aliphatic hydroxyl groups is 1. The van der Waals surface area contributed by atoms with Crippen LogP contribution >= 0.6 is 0 Å². The second kappa shape index (κ2) is 6.88. The topological polar surface area (TPSA) is 83.9 Å². The Balaban J connectivity index is 2.38. The van der Waals surface area contributed by atoms with Gasteiger partial charge in [0.05, 0.1) is 22.7 Å². The van der Waals surface area contributed by atoms with E-state index in [-0.39, 0.29) is 28.6 Å². The van der Waals surface area contributed by atoms with Crippen LogP contribution in [0.4, 0.5) is 0 Å². The van der Waals surface area contributed by atoms with E-state index in [4.69, 9.17) is 4.74 Å². The highest BCUT2D eigenvalue weighted by Gasteiger charge is 2.26. The second-order valence-corrected chi connectivity index (χ2v) is 8.14. The Morgan fingerprint density at radius 2 is 1.91 bits per heavy atom. The van der Waals surface area contributed by atoms with Crippen LogP contribution in [0.2, 0.25) is 0 Å². The smallest absolute Gasteiger partial charge is 0.257 e. The summed E-state index contributed by atoms with van der Waals surface area (Å²) in [4.78, 5) is 14.5. The van der Waals surface area contributed by atoms with E-state index in [1.165, 1.54) is 18.2 Å². The SMILES string of the molecule is CC(C)Oc1ccc(S(C)(=O)=O)cc1C(=O)N1CCC(O)CC1. The van der Waals surface area contributed by atoms with Crippen molar-refractivity contribution < 1.29 is 23.1 Å². The molecule has 1 saturated heterocycles. The standard InChI is InChI=1S/C16H23NO5S/c1-11(2)22-15-5-4-13(23(3,20)21)10-14(15)16(19)17-8-6-12(18)7-9-17/h4-5,10-12,18H,6-9H2,1-3H3. The maximum atomic E-state index is 12.8. The second-order valence-electron chi connectivity index (χ2n) is 6.12. The number of hydrogen-bond acceptors (Lipinski definition) is 5. The molecular formula is C16H23NO5S. The van der Waals surface area contributed by atoms with Gasteiger partial charge in [-0.1, -0.05) is 0 Å². The van der Waals surface area contributed by atoms with Crippen LogP contribution in [-0.4, -0.2) is 55.9 Å². The van der Waals surface area contributed by atoms with Gasteiger partial charge in [0.1, 0.15) is 5.75 Å². The number of likely N-dealkylation sites (tertiary alicyclic amines) is 1. The molecule has 2 rings (SSSR count). The molecule has 7 heteroatoms. The summed E-state index contributed by atoms with van der Waals surface area (Å²) in [7, 11) is -3.41. The Morgan fingerprint density at radius 3 is 2.43 bits per heavy atom. The summed E-state index contributed by atoms with van der Waals surface area (Å²) in [6.45, 7) is 4.58. The summed E-state index contributed by atoms with van der Waals surface area (Å²) in [5.41, 5.74) is 0.248. The number of carbonyl (C=O) groups excluding carboxylic acids is 1. The molecule has 1 fully saturated rings. The zero-order chi connectivity index (χ0) is 17.2. The first-order valence-electron chi connectivity index (χ1n) is 7.66. The molecule has 0 spiro atoms. The highest BCUT2D eigenvalue weighted by Crippen LogP contribution is 2.26. The largest absolute Gasteiger partial charge is 0.490 e. The molecule has 0 saturated carbocycles. The van der Waals surface area contributed by atoms with E-state index >= 15 is 0 Å². The van der Waals surface area contributed by atoms with Crippen molar-refractivity contribution in [3.05, 3.63) is 23.8 Å². The van der Waals surface area contributed by atoms with Gasteiger partial charge in [-0.15, -0.1) is 0 Å². The van der Waals surface area contributed by atoms with Crippen molar-refractivity contribution >= 4 is 15.7 Å². The van der Waals surface area contributed by atoms with Gasteiger partial charge in [-0.2, -0.15) is 0 Å². The molecule has 0 radical (unpaired) electrons. The molecule has 0 bridgehead atoms. The molecule has 1 heterocycles. The summed E-state index contributed by atoms with van der Waals surface area (Å²) in [5.74, 6) is 0.113. The summed E-state index contributed by atoms with van der Waals surface area (Å²) in [6.07, 6.45) is 1.65. The predicted molar refractivity (Wildman–Crippen MR) is 86.5 cm³/mol. The highest BCUT2D eigenvalue weighted by molar-refractivity contribution is 7.90. The Kier molecular flexibility index (Phi) is 5.31. The lowest BCUT2D eigenvalue weighted by Crippen LogP contribution is -2.40. The predicted octanol–water partition coefficient (Wildman–Crippen LogP) is 1.47. The van der Waals surface area contributed by atoms with Crippen molar-refractivity contribution in [2.75, 3.05) is 19.3 Å². The van der Waals surface area contributed by atoms with Crippen LogP contribution in [0.15, 0.2) is 23.1 Å². The number of ether oxygens (including phenoxy) is 1. The van der Waals surface area contributed by atoms with Gasteiger partial charge < -0.3 is 14.7 Å². The molecule has 0 atom stereocenters. The van der Waals surface area contributed by atoms with Crippen molar-refractivity contribution in [1.82, 2.24) is 4.90 Å². The zero-order valence-electron chi connectivity index (χ0n) is 13.7. The van der Waals surface area contributed by atoms with Crippen LogP contribution in [0, 0.1) is 0 Å². The molecule has 1 N–H and O–H groups in total. The number of hydrogen-bond donors (Lipinski definition) is 1. The number of aliphatic hydroxyl groups excluding tert-OH is 1.